The van der Waals surface area contributed by atoms with E-state index in [2.05, 4.69) is 0 Å². The Hall–Kier alpha value is -0.0400. The van der Waals surface area contributed by atoms with E-state index in [1.165, 1.54) is 57.8 Å². The molecule has 3 aliphatic carbocycles. The van der Waals surface area contributed by atoms with Crippen LogP contribution in [0, 0.1) is 17.8 Å². The summed E-state index contributed by atoms with van der Waals surface area (Å²) < 4.78 is 0. The van der Waals surface area contributed by atoms with Crippen LogP contribution >= 0.6 is 0 Å². The van der Waals surface area contributed by atoms with Gasteiger partial charge in [0.05, 0.1) is 0 Å². The second-order valence-electron chi connectivity index (χ2n) is 6.09. The molecule has 0 spiro atoms. The fourth-order valence-corrected chi connectivity index (χ4v) is 3.82. The molecule has 2 atom stereocenters. The van der Waals surface area contributed by atoms with Gasteiger partial charge in [-0.3, -0.25) is 0 Å². The van der Waals surface area contributed by atoms with Gasteiger partial charge in [-0.05, 0) is 30.6 Å². The highest BCUT2D eigenvalue weighted by Crippen LogP contribution is 2.56. The topological polar surface area (TPSA) is 26.0 Å². The Bertz CT molecular complexity index is 215. The summed E-state index contributed by atoms with van der Waals surface area (Å²) in [5, 5.41) is 0. The van der Waals surface area contributed by atoms with Crippen LogP contribution in [0.15, 0.2) is 0 Å². The molecule has 2 N–H and O–H groups in total. The van der Waals surface area contributed by atoms with Gasteiger partial charge in [0, 0.05) is 5.54 Å². The van der Waals surface area contributed by atoms with Gasteiger partial charge in [0.25, 0.3) is 0 Å². The quantitative estimate of drug-likeness (QED) is 0.732. The molecule has 1 heteroatoms. The van der Waals surface area contributed by atoms with Crippen LogP contribution in [0.5, 0.6) is 0 Å². The molecule has 0 heterocycles. The minimum absolute atomic E-state index is 0.306. The van der Waals surface area contributed by atoms with Crippen LogP contribution in [0.2, 0.25) is 0 Å². The van der Waals surface area contributed by atoms with Crippen molar-refractivity contribution in [3.63, 3.8) is 0 Å². The average molecular weight is 193 g/mol. The first-order valence-electron chi connectivity index (χ1n) is 6.57. The lowest BCUT2D eigenvalue weighted by Crippen LogP contribution is -2.31. The molecular weight excluding hydrogens is 170 g/mol. The number of nitrogens with two attached hydrogens (primary N) is 1. The maximum absolute atomic E-state index is 6.48. The minimum Gasteiger partial charge on any atom is -0.325 e. The highest BCUT2D eigenvalue weighted by molar-refractivity contribution is 5.12. The molecule has 3 aliphatic rings. The molecule has 14 heavy (non-hydrogen) atoms. The summed E-state index contributed by atoms with van der Waals surface area (Å²) in [7, 11) is 0. The monoisotopic (exact) mass is 193 g/mol. The standard InChI is InChI=1S/C13H23N/c14-13(8-10-4-1-2-5-10)9-12(13)11-6-3-7-11/h10-12H,1-9,14H2. The third-order valence-electron chi connectivity index (χ3n) is 5.04. The molecule has 0 aromatic heterocycles. The van der Waals surface area contributed by atoms with E-state index in [9.17, 15) is 0 Å². The number of rotatable bonds is 3. The molecular formula is C13H23N. The first kappa shape index (κ1) is 9.21. The van der Waals surface area contributed by atoms with E-state index >= 15 is 0 Å². The Morgan fingerprint density at radius 3 is 2.29 bits per heavy atom. The van der Waals surface area contributed by atoms with Gasteiger partial charge >= 0.3 is 0 Å². The Labute approximate surface area is 87.4 Å². The van der Waals surface area contributed by atoms with Gasteiger partial charge in [-0.2, -0.15) is 0 Å². The highest BCUT2D eigenvalue weighted by atomic mass is 14.9. The fraction of sp³-hybridized carbons (Fsp3) is 1.00. The molecule has 0 aromatic carbocycles. The number of hydrogen-bond acceptors (Lipinski definition) is 1. The number of hydrogen-bond donors (Lipinski definition) is 1. The molecule has 1 nitrogen and oxygen atoms in total. The lowest BCUT2D eigenvalue weighted by atomic mass is 9.79. The van der Waals surface area contributed by atoms with Crippen LogP contribution < -0.4 is 5.73 Å². The summed E-state index contributed by atoms with van der Waals surface area (Å²) >= 11 is 0. The lowest BCUT2D eigenvalue weighted by molar-refractivity contribution is 0.247. The van der Waals surface area contributed by atoms with Crippen molar-refractivity contribution in [3.05, 3.63) is 0 Å². The van der Waals surface area contributed by atoms with Gasteiger partial charge in [-0.15, -0.1) is 0 Å². The van der Waals surface area contributed by atoms with E-state index in [1.54, 1.807) is 0 Å². The van der Waals surface area contributed by atoms with E-state index in [1.807, 2.05) is 0 Å². The summed E-state index contributed by atoms with van der Waals surface area (Å²) in [5.74, 6) is 2.95. The summed E-state index contributed by atoms with van der Waals surface area (Å²) in [6.45, 7) is 0. The molecule has 0 amide bonds. The van der Waals surface area contributed by atoms with Crippen molar-refractivity contribution < 1.29 is 0 Å². The maximum atomic E-state index is 6.48. The zero-order valence-electron chi connectivity index (χ0n) is 9.17. The summed E-state index contributed by atoms with van der Waals surface area (Å²) in [5.41, 5.74) is 6.79. The summed E-state index contributed by atoms with van der Waals surface area (Å²) in [6, 6.07) is 0. The normalized spacial score (nSPS) is 43.9. The summed E-state index contributed by atoms with van der Waals surface area (Å²) in [6.07, 6.45) is 13.0. The summed E-state index contributed by atoms with van der Waals surface area (Å²) in [4.78, 5) is 0. The first-order chi connectivity index (χ1) is 6.78. The van der Waals surface area contributed by atoms with E-state index in [0.29, 0.717) is 5.54 Å². The van der Waals surface area contributed by atoms with Crippen LogP contribution in [-0.2, 0) is 0 Å². The predicted octanol–water partition coefficient (Wildman–Crippen LogP) is 3.08. The zero-order valence-corrected chi connectivity index (χ0v) is 9.17. The van der Waals surface area contributed by atoms with Crippen molar-refractivity contribution in [3.8, 4) is 0 Å². The predicted molar refractivity (Wildman–Crippen MR) is 58.9 cm³/mol. The molecule has 0 saturated heterocycles. The van der Waals surface area contributed by atoms with Crippen molar-refractivity contribution in [2.75, 3.05) is 0 Å². The van der Waals surface area contributed by atoms with Crippen LogP contribution in [0.25, 0.3) is 0 Å². The first-order valence-corrected chi connectivity index (χ1v) is 6.57. The van der Waals surface area contributed by atoms with E-state index < -0.39 is 0 Å². The second kappa shape index (κ2) is 3.23. The molecule has 3 saturated carbocycles. The largest absolute Gasteiger partial charge is 0.325 e. The minimum atomic E-state index is 0.306. The highest BCUT2D eigenvalue weighted by Gasteiger charge is 2.55. The average Bonchev–Trinajstić information content (AvgIpc) is 2.53. The molecule has 0 aromatic rings. The van der Waals surface area contributed by atoms with Crippen LogP contribution in [-0.4, -0.2) is 5.54 Å². The molecule has 0 aliphatic heterocycles. The van der Waals surface area contributed by atoms with Gasteiger partial charge in [0.1, 0.15) is 0 Å². The molecule has 0 radical (unpaired) electrons. The van der Waals surface area contributed by atoms with Gasteiger partial charge in [0.2, 0.25) is 0 Å². The van der Waals surface area contributed by atoms with Crippen molar-refractivity contribution >= 4 is 0 Å². The van der Waals surface area contributed by atoms with Crippen molar-refractivity contribution in [2.24, 2.45) is 23.5 Å². The van der Waals surface area contributed by atoms with Crippen LogP contribution in [0.1, 0.15) is 57.8 Å². The van der Waals surface area contributed by atoms with Gasteiger partial charge in [-0.1, -0.05) is 44.9 Å². The van der Waals surface area contributed by atoms with E-state index in [0.717, 1.165) is 17.8 Å². The molecule has 80 valence electrons. The van der Waals surface area contributed by atoms with Crippen molar-refractivity contribution in [1.29, 1.82) is 0 Å². The molecule has 2 unspecified atom stereocenters. The van der Waals surface area contributed by atoms with E-state index in [4.69, 9.17) is 5.73 Å². The Kier molecular flexibility index (Phi) is 2.12. The van der Waals surface area contributed by atoms with Crippen molar-refractivity contribution in [1.82, 2.24) is 0 Å². The smallest absolute Gasteiger partial charge is 0.0192 e. The Morgan fingerprint density at radius 1 is 1.00 bits per heavy atom. The zero-order chi connectivity index (χ0) is 9.60. The second-order valence-corrected chi connectivity index (χ2v) is 6.09. The third kappa shape index (κ3) is 1.50. The SMILES string of the molecule is NC1(CC2CCCC2)CC1C1CCC1. The fourth-order valence-electron chi connectivity index (χ4n) is 3.82. The van der Waals surface area contributed by atoms with Gasteiger partial charge < -0.3 is 5.73 Å². The van der Waals surface area contributed by atoms with E-state index in [-0.39, 0.29) is 0 Å². The van der Waals surface area contributed by atoms with Crippen LogP contribution in [0.4, 0.5) is 0 Å². The third-order valence-corrected chi connectivity index (χ3v) is 5.04. The molecule has 0 bridgehead atoms. The Balaban J connectivity index is 1.52. The van der Waals surface area contributed by atoms with Crippen molar-refractivity contribution in [2.45, 2.75) is 63.3 Å². The molecule has 3 fully saturated rings. The van der Waals surface area contributed by atoms with Crippen LogP contribution in [0.3, 0.4) is 0 Å². The van der Waals surface area contributed by atoms with Gasteiger partial charge in [-0.25, -0.2) is 0 Å². The lowest BCUT2D eigenvalue weighted by Gasteiger charge is -2.28. The maximum Gasteiger partial charge on any atom is 0.0192 e. The molecule has 3 rings (SSSR count). The van der Waals surface area contributed by atoms with Gasteiger partial charge in [0.15, 0.2) is 0 Å². The Morgan fingerprint density at radius 2 is 1.71 bits per heavy atom.